The number of nitrogens with zero attached hydrogens (tertiary/aromatic N) is 3. The van der Waals surface area contributed by atoms with E-state index in [-0.39, 0.29) is 0 Å². The number of hydrogen-bond acceptors (Lipinski definition) is 5. The van der Waals surface area contributed by atoms with Gasteiger partial charge in [0, 0.05) is 51.0 Å². The Labute approximate surface area is 118 Å². The number of hydrogen-bond donors (Lipinski definition) is 2. The fourth-order valence-corrected chi connectivity index (χ4v) is 2.88. The van der Waals surface area contributed by atoms with Crippen LogP contribution in [0.2, 0.25) is 0 Å². The van der Waals surface area contributed by atoms with Gasteiger partial charge in [0.15, 0.2) is 0 Å². The quantitative estimate of drug-likeness (QED) is 0.784. The summed E-state index contributed by atoms with van der Waals surface area (Å²) in [7, 11) is 0. The molecule has 0 aromatic carbocycles. The SMILES string of the molecule is Cc1ccc(C(N)=O)c(N2CC(N3CCNCC3)C2)n1. The summed E-state index contributed by atoms with van der Waals surface area (Å²) in [5.41, 5.74) is 6.87. The molecule has 20 heavy (non-hydrogen) atoms. The maximum absolute atomic E-state index is 11.5. The Balaban J connectivity index is 1.70. The number of aromatic nitrogens is 1. The molecule has 0 unspecified atom stereocenters. The van der Waals surface area contributed by atoms with Gasteiger partial charge in [-0.2, -0.15) is 0 Å². The summed E-state index contributed by atoms with van der Waals surface area (Å²) < 4.78 is 0. The van der Waals surface area contributed by atoms with Crippen molar-refractivity contribution >= 4 is 11.7 Å². The number of pyridine rings is 1. The third kappa shape index (κ3) is 2.48. The maximum atomic E-state index is 11.5. The van der Waals surface area contributed by atoms with Crippen LogP contribution < -0.4 is 16.0 Å². The summed E-state index contributed by atoms with van der Waals surface area (Å²) in [6, 6.07) is 4.18. The van der Waals surface area contributed by atoms with Gasteiger partial charge in [-0.25, -0.2) is 4.98 Å². The minimum absolute atomic E-state index is 0.405. The molecule has 2 saturated heterocycles. The Bertz CT molecular complexity index is 506. The molecule has 0 atom stereocenters. The summed E-state index contributed by atoms with van der Waals surface area (Å²) in [6.07, 6.45) is 0. The lowest BCUT2D eigenvalue weighted by Crippen LogP contribution is -2.63. The van der Waals surface area contributed by atoms with Crippen molar-refractivity contribution < 1.29 is 4.79 Å². The van der Waals surface area contributed by atoms with Crippen LogP contribution in [0.25, 0.3) is 0 Å². The van der Waals surface area contributed by atoms with E-state index in [1.54, 1.807) is 6.07 Å². The van der Waals surface area contributed by atoms with Crippen molar-refractivity contribution in [2.24, 2.45) is 5.73 Å². The minimum atomic E-state index is -0.405. The van der Waals surface area contributed by atoms with Crippen molar-refractivity contribution in [2.75, 3.05) is 44.2 Å². The van der Waals surface area contributed by atoms with Crippen LogP contribution in [0, 0.1) is 6.92 Å². The molecule has 3 rings (SSSR count). The van der Waals surface area contributed by atoms with Crippen molar-refractivity contribution in [3.8, 4) is 0 Å². The fourth-order valence-electron chi connectivity index (χ4n) is 2.88. The van der Waals surface area contributed by atoms with E-state index in [4.69, 9.17) is 5.73 Å². The van der Waals surface area contributed by atoms with E-state index < -0.39 is 5.91 Å². The van der Waals surface area contributed by atoms with Crippen LogP contribution in [-0.4, -0.2) is 61.1 Å². The average Bonchev–Trinajstić information content (AvgIpc) is 2.38. The molecular formula is C14H21N5O. The first-order valence-corrected chi connectivity index (χ1v) is 7.12. The first-order valence-electron chi connectivity index (χ1n) is 7.12. The number of anilines is 1. The van der Waals surface area contributed by atoms with Crippen LogP contribution in [0.1, 0.15) is 16.1 Å². The van der Waals surface area contributed by atoms with Gasteiger partial charge in [-0.05, 0) is 19.1 Å². The normalized spacial score (nSPS) is 20.8. The highest BCUT2D eigenvalue weighted by atomic mass is 16.1. The van der Waals surface area contributed by atoms with E-state index >= 15 is 0 Å². The van der Waals surface area contributed by atoms with E-state index in [2.05, 4.69) is 20.1 Å². The Morgan fingerprint density at radius 2 is 2.05 bits per heavy atom. The molecule has 6 heteroatoms. The maximum Gasteiger partial charge on any atom is 0.252 e. The first kappa shape index (κ1) is 13.3. The Hall–Kier alpha value is -1.66. The van der Waals surface area contributed by atoms with Crippen molar-refractivity contribution in [3.05, 3.63) is 23.4 Å². The highest BCUT2D eigenvalue weighted by Gasteiger charge is 2.34. The number of carbonyl (C=O) groups is 1. The second-order valence-corrected chi connectivity index (χ2v) is 5.53. The lowest BCUT2D eigenvalue weighted by atomic mass is 10.0. The fraction of sp³-hybridized carbons (Fsp3) is 0.571. The molecule has 0 spiro atoms. The van der Waals surface area contributed by atoms with Gasteiger partial charge < -0.3 is 16.0 Å². The summed E-state index contributed by atoms with van der Waals surface area (Å²) in [4.78, 5) is 20.6. The number of amides is 1. The van der Waals surface area contributed by atoms with E-state index in [1.165, 1.54) is 0 Å². The number of nitrogens with one attached hydrogen (secondary N) is 1. The molecule has 1 aromatic heterocycles. The van der Waals surface area contributed by atoms with Crippen LogP contribution in [0.15, 0.2) is 12.1 Å². The highest BCUT2D eigenvalue weighted by molar-refractivity contribution is 5.97. The molecular weight excluding hydrogens is 254 g/mol. The van der Waals surface area contributed by atoms with Crippen molar-refractivity contribution in [1.29, 1.82) is 0 Å². The van der Waals surface area contributed by atoms with Gasteiger partial charge in [0.25, 0.3) is 5.91 Å². The lowest BCUT2D eigenvalue weighted by molar-refractivity contribution is 0.0999. The van der Waals surface area contributed by atoms with E-state index in [0.29, 0.717) is 11.6 Å². The first-order chi connectivity index (χ1) is 9.65. The summed E-state index contributed by atoms with van der Waals surface area (Å²) in [5.74, 6) is 0.335. The number of carbonyl (C=O) groups excluding carboxylic acids is 1. The van der Waals surface area contributed by atoms with Crippen LogP contribution in [-0.2, 0) is 0 Å². The van der Waals surface area contributed by atoms with Crippen LogP contribution in [0.5, 0.6) is 0 Å². The van der Waals surface area contributed by atoms with Crippen molar-refractivity contribution in [3.63, 3.8) is 0 Å². The van der Waals surface area contributed by atoms with Gasteiger partial charge in [0.1, 0.15) is 5.82 Å². The molecule has 1 amide bonds. The van der Waals surface area contributed by atoms with Crippen molar-refractivity contribution in [1.82, 2.24) is 15.2 Å². The molecule has 0 saturated carbocycles. The molecule has 108 valence electrons. The number of nitrogens with two attached hydrogens (primary N) is 1. The zero-order valence-electron chi connectivity index (χ0n) is 11.8. The van der Waals surface area contributed by atoms with Crippen molar-refractivity contribution in [2.45, 2.75) is 13.0 Å². The minimum Gasteiger partial charge on any atom is -0.365 e. The molecule has 0 radical (unpaired) electrons. The zero-order chi connectivity index (χ0) is 14.1. The Morgan fingerprint density at radius 1 is 1.35 bits per heavy atom. The van der Waals surface area contributed by atoms with Gasteiger partial charge in [-0.3, -0.25) is 9.69 Å². The molecule has 1 aromatic rings. The van der Waals surface area contributed by atoms with E-state index in [0.717, 1.165) is 50.8 Å². The summed E-state index contributed by atoms with van der Waals surface area (Å²) >= 11 is 0. The van der Waals surface area contributed by atoms with Gasteiger partial charge in [0.05, 0.1) is 5.56 Å². The Morgan fingerprint density at radius 3 is 2.70 bits per heavy atom. The van der Waals surface area contributed by atoms with Gasteiger partial charge in [-0.1, -0.05) is 0 Å². The third-order valence-corrected chi connectivity index (χ3v) is 4.11. The number of aryl methyl sites for hydroxylation is 1. The molecule has 0 aliphatic carbocycles. The number of primary amides is 1. The standard InChI is InChI=1S/C14H21N5O/c1-10-2-3-12(13(15)20)14(17-10)19-8-11(9-19)18-6-4-16-5-7-18/h2-3,11,16H,4-9H2,1H3,(H2,15,20). The number of piperazine rings is 1. The molecule has 2 aliphatic rings. The summed E-state index contributed by atoms with van der Waals surface area (Å²) in [5, 5.41) is 3.36. The predicted octanol–water partition coefficient (Wildman–Crippen LogP) is -0.417. The smallest absolute Gasteiger partial charge is 0.252 e. The van der Waals surface area contributed by atoms with E-state index in [9.17, 15) is 4.79 Å². The molecule has 3 heterocycles. The third-order valence-electron chi connectivity index (χ3n) is 4.11. The van der Waals surface area contributed by atoms with Crippen LogP contribution in [0.4, 0.5) is 5.82 Å². The lowest BCUT2D eigenvalue weighted by Gasteiger charge is -2.47. The second-order valence-electron chi connectivity index (χ2n) is 5.53. The molecule has 2 aliphatic heterocycles. The average molecular weight is 275 g/mol. The van der Waals surface area contributed by atoms with Crippen LogP contribution >= 0.6 is 0 Å². The van der Waals surface area contributed by atoms with Crippen LogP contribution in [0.3, 0.4) is 0 Å². The molecule has 0 bridgehead atoms. The molecule has 2 fully saturated rings. The van der Waals surface area contributed by atoms with Gasteiger partial charge in [0.2, 0.25) is 0 Å². The van der Waals surface area contributed by atoms with Gasteiger partial charge in [-0.15, -0.1) is 0 Å². The largest absolute Gasteiger partial charge is 0.365 e. The number of rotatable bonds is 3. The van der Waals surface area contributed by atoms with E-state index in [1.807, 2.05) is 13.0 Å². The van der Waals surface area contributed by atoms with Gasteiger partial charge >= 0.3 is 0 Å². The highest BCUT2D eigenvalue weighted by Crippen LogP contribution is 2.25. The monoisotopic (exact) mass is 275 g/mol. The summed E-state index contributed by atoms with van der Waals surface area (Å²) in [6.45, 7) is 8.11. The topological polar surface area (TPSA) is 74.5 Å². The second kappa shape index (κ2) is 5.38. The Kier molecular flexibility index (Phi) is 3.58. The predicted molar refractivity (Wildman–Crippen MR) is 77.9 cm³/mol. The molecule has 6 nitrogen and oxygen atoms in total. The molecule has 3 N–H and O–H groups in total. The zero-order valence-corrected chi connectivity index (χ0v) is 11.8.